The Morgan fingerprint density at radius 3 is 2.33 bits per heavy atom. The van der Waals surface area contributed by atoms with E-state index in [0.29, 0.717) is 10.8 Å². The molecule has 1 aromatic carbocycles. The van der Waals surface area contributed by atoms with Gasteiger partial charge in [0.1, 0.15) is 5.82 Å². The molecule has 1 atom stereocenters. The van der Waals surface area contributed by atoms with Gasteiger partial charge in [-0.2, -0.15) is 0 Å². The molecule has 1 aromatic heterocycles. The predicted octanol–water partition coefficient (Wildman–Crippen LogP) is 3.56. The summed E-state index contributed by atoms with van der Waals surface area (Å²) in [4.78, 5) is 30.5. The quantitative estimate of drug-likeness (QED) is 0.793. The summed E-state index contributed by atoms with van der Waals surface area (Å²) in [5, 5.41) is 6.16. The predicted molar refractivity (Wildman–Crippen MR) is 109 cm³/mol. The standard InChI is InChI=1S/C20H25ClN4O2/c1-12-8-13(2)19(14(3)9-12)24-18(26)11-25(5)15(4)20(27)23-17-7-6-16(21)10-22-17/h6-10,15H,11H2,1-5H3,(H,24,26)(H,22,23,27). The molecule has 0 saturated carbocycles. The molecule has 27 heavy (non-hydrogen) atoms. The van der Waals surface area contributed by atoms with Crippen molar-refractivity contribution in [1.29, 1.82) is 0 Å². The molecule has 2 rings (SSSR count). The first kappa shape index (κ1) is 20.9. The highest BCUT2D eigenvalue weighted by molar-refractivity contribution is 6.30. The van der Waals surface area contributed by atoms with Crippen molar-refractivity contribution in [2.24, 2.45) is 0 Å². The van der Waals surface area contributed by atoms with E-state index in [1.54, 1.807) is 31.0 Å². The average Bonchev–Trinajstić information content (AvgIpc) is 2.59. The Bertz CT molecular complexity index is 813. The monoisotopic (exact) mass is 388 g/mol. The second kappa shape index (κ2) is 8.97. The van der Waals surface area contributed by atoms with Gasteiger partial charge < -0.3 is 10.6 Å². The SMILES string of the molecule is Cc1cc(C)c(NC(=O)CN(C)C(C)C(=O)Nc2ccc(Cl)cn2)c(C)c1. The molecule has 2 N–H and O–H groups in total. The van der Waals surface area contributed by atoms with Crippen molar-refractivity contribution in [2.75, 3.05) is 24.2 Å². The van der Waals surface area contributed by atoms with Gasteiger partial charge >= 0.3 is 0 Å². The molecule has 6 nitrogen and oxygen atoms in total. The van der Waals surface area contributed by atoms with Gasteiger partial charge in [-0.3, -0.25) is 14.5 Å². The smallest absolute Gasteiger partial charge is 0.242 e. The van der Waals surface area contributed by atoms with Crippen LogP contribution in [0.15, 0.2) is 30.5 Å². The Morgan fingerprint density at radius 2 is 1.78 bits per heavy atom. The number of aryl methyl sites for hydroxylation is 3. The lowest BCUT2D eigenvalue weighted by Crippen LogP contribution is -2.43. The van der Waals surface area contributed by atoms with Crippen LogP contribution in [-0.4, -0.2) is 41.3 Å². The van der Waals surface area contributed by atoms with Crippen LogP contribution in [0.4, 0.5) is 11.5 Å². The first-order chi connectivity index (χ1) is 12.7. The minimum Gasteiger partial charge on any atom is -0.324 e. The van der Waals surface area contributed by atoms with E-state index >= 15 is 0 Å². The zero-order chi connectivity index (χ0) is 20.1. The molecule has 0 aliphatic carbocycles. The number of benzene rings is 1. The zero-order valence-electron chi connectivity index (χ0n) is 16.3. The number of likely N-dealkylation sites (N-methyl/N-ethyl adjacent to an activating group) is 1. The van der Waals surface area contributed by atoms with Gasteiger partial charge in [0, 0.05) is 11.9 Å². The summed E-state index contributed by atoms with van der Waals surface area (Å²) in [6, 6.07) is 6.83. The van der Waals surface area contributed by atoms with E-state index in [1.807, 2.05) is 32.9 Å². The highest BCUT2D eigenvalue weighted by atomic mass is 35.5. The number of hydrogen-bond donors (Lipinski definition) is 2. The summed E-state index contributed by atoms with van der Waals surface area (Å²) in [6.07, 6.45) is 1.46. The molecule has 0 bridgehead atoms. The van der Waals surface area contributed by atoms with Crippen LogP contribution in [0, 0.1) is 20.8 Å². The molecule has 0 radical (unpaired) electrons. The molecule has 0 aliphatic heterocycles. The van der Waals surface area contributed by atoms with Crippen molar-refractivity contribution in [2.45, 2.75) is 33.7 Å². The second-order valence-electron chi connectivity index (χ2n) is 6.76. The van der Waals surface area contributed by atoms with E-state index in [2.05, 4.69) is 15.6 Å². The zero-order valence-corrected chi connectivity index (χ0v) is 17.0. The van der Waals surface area contributed by atoms with Gasteiger partial charge in [-0.05, 0) is 58.0 Å². The number of pyridine rings is 1. The normalized spacial score (nSPS) is 12.0. The van der Waals surface area contributed by atoms with E-state index in [9.17, 15) is 9.59 Å². The third kappa shape index (κ3) is 5.77. The molecule has 144 valence electrons. The van der Waals surface area contributed by atoms with E-state index < -0.39 is 6.04 Å². The molecule has 1 unspecified atom stereocenters. The first-order valence-corrected chi connectivity index (χ1v) is 9.05. The van der Waals surface area contributed by atoms with Gasteiger partial charge in [0.05, 0.1) is 17.6 Å². The lowest BCUT2D eigenvalue weighted by Gasteiger charge is -2.23. The van der Waals surface area contributed by atoms with E-state index in [1.165, 1.54) is 6.20 Å². The fourth-order valence-corrected chi connectivity index (χ4v) is 2.91. The lowest BCUT2D eigenvalue weighted by atomic mass is 10.1. The lowest BCUT2D eigenvalue weighted by molar-refractivity contribution is -0.122. The number of nitrogens with one attached hydrogen (secondary N) is 2. The van der Waals surface area contributed by atoms with Crippen LogP contribution in [0.5, 0.6) is 0 Å². The first-order valence-electron chi connectivity index (χ1n) is 8.67. The number of nitrogens with zero attached hydrogens (tertiary/aromatic N) is 2. The number of halogens is 1. The minimum atomic E-state index is -0.506. The number of hydrogen-bond acceptors (Lipinski definition) is 4. The van der Waals surface area contributed by atoms with Crippen molar-refractivity contribution >= 4 is 34.9 Å². The molecule has 0 aliphatic rings. The number of carbonyl (C=O) groups excluding carboxylic acids is 2. The van der Waals surface area contributed by atoms with Crippen LogP contribution in [0.2, 0.25) is 5.02 Å². The van der Waals surface area contributed by atoms with Crippen molar-refractivity contribution < 1.29 is 9.59 Å². The van der Waals surface area contributed by atoms with Crippen LogP contribution < -0.4 is 10.6 Å². The molecule has 2 amide bonds. The molecule has 7 heteroatoms. The number of amides is 2. The van der Waals surface area contributed by atoms with Gasteiger partial charge in [-0.25, -0.2) is 4.98 Å². The average molecular weight is 389 g/mol. The van der Waals surface area contributed by atoms with Gasteiger partial charge in [0.25, 0.3) is 0 Å². The molecule has 0 fully saturated rings. The fourth-order valence-electron chi connectivity index (χ4n) is 2.80. The number of anilines is 2. The van der Waals surface area contributed by atoms with Crippen LogP contribution >= 0.6 is 11.6 Å². The Labute approximate surface area is 164 Å². The number of rotatable bonds is 6. The summed E-state index contributed by atoms with van der Waals surface area (Å²) in [5.41, 5.74) is 4.01. The summed E-state index contributed by atoms with van der Waals surface area (Å²) < 4.78 is 0. The van der Waals surface area contributed by atoms with E-state index in [-0.39, 0.29) is 18.4 Å². The van der Waals surface area contributed by atoms with Gasteiger partial charge in [0.15, 0.2) is 0 Å². The molecule has 1 heterocycles. The number of carbonyl (C=O) groups is 2. The number of aromatic nitrogens is 1. The maximum atomic E-state index is 12.4. The van der Waals surface area contributed by atoms with Crippen molar-refractivity contribution in [1.82, 2.24) is 9.88 Å². The second-order valence-corrected chi connectivity index (χ2v) is 7.20. The topological polar surface area (TPSA) is 74.3 Å². The maximum absolute atomic E-state index is 12.4. The van der Waals surface area contributed by atoms with Crippen molar-refractivity contribution in [3.63, 3.8) is 0 Å². The Balaban J connectivity index is 1.95. The third-order valence-corrected chi connectivity index (χ3v) is 4.58. The van der Waals surface area contributed by atoms with Crippen LogP contribution in [-0.2, 0) is 9.59 Å². The van der Waals surface area contributed by atoms with Crippen LogP contribution in [0.1, 0.15) is 23.6 Å². The third-order valence-electron chi connectivity index (χ3n) is 4.35. The van der Waals surface area contributed by atoms with Gasteiger partial charge in [-0.15, -0.1) is 0 Å². The Morgan fingerprint density at radius 1 is 1.15 bits per heavy atom. The highest BCUT2D eigenvalue weighted by Crippen LogP contribution is 2.21. The van der Waals surface area contributed by atoms with Crippen LogP contribution in [0.25, 0.3) is 0 Å². The van der Waals surface area contributed by atoms with Gasteiger partial charge in [0.2, 0.25) is 11.8 Å². The maximum Gasteiger partial charge on any atom is 0.242 e. The Hall–Kier alpha value is -2.44. The summed E-state index contributed by atoms with van der Waals surface area (Å²) >= 11 is 5.79. The summed E-state index contributed by atoms with van der Waals surface area (Å²) in [6.45, 7) is 7.79. The van der Waals surface area contributed by atoms with Crippen molar-refractivity contribution in [3.8, 4) is 0 Å². The van der Waals surface area contributed by atoms with E-state index in [0.717, 1.165) is 22.4 Å². The van der Waals surface area contributed by atoms with Crippen LogP contribution in [0.3, 0.4) is 0 Å². The molecule has 0 saturated heterocycles. The largest absolute Gasteiger partial charge is 0.324 e. The van der Waals surface area contributed by atoms with Gasteiger partial charge in [-0.1, -0.05) is 29.3 Å². The summed E-state index contributed by atoms with van der Waals surface area (Å²) in [7, 11) is 1.73. The fraction of sp³-hybridized carbons (Fsp3) is 0.350. The molecule has 0 spiro atoms. The summed E-state index contributed by atoms with van der Waals surface area (Å²) in [5.74, 6) is -0.000327. The molecular formula is C20H25ClN4O2. The van der Waals surface area contributed by atoms with E-state index in [4.69, 9.17) is 11.6 Å². The molecule has 2 aromatic rings. The molecular weight excluding hydrogens is 364 g/mol. The minimum absolute atomic E-state index is 0.0926. The van der Waals surface area contributed by atoms with Crippen molar-refractivity contribution in [3.05, 3.63) is 52.2 Å². The Kier molecular flexibility index (Phi) is 6.93. The highest BCUT2D eigenvalue weighted by Gasteiger charge is 2.21.